The Hall–Kier alpha value is -3.48. The lowest BCUT2D eigenvalue weighted by Crippen LogP contribution is -2.21. The van der Waals surface area contributed by atoms with E-state index < -0.39 is 40.7 Å². The lowest BCUT2D eigenvalue weighted by Gasteiger charge is -2.14. The van der Waals surface area contributed by atoms with Crippen LogP contribution in [0.5, 0.6) is 0 Å². The number of anilines is 1. The second kappa shape index (κ2) is 8.27. The Labute approximate surface area is 155 Å². The van der Waals surface area contributed by atoms with Crippen molar-refractivity contribution in [3.8, 4) is 0 Å². The third-order valence-corrected chi connectivity index (χ3v) is 4.22. The number of hydrogen-bond acceptors (Lipinski definition) is 4. The first-order valence-corrected chi connectivity index (χ1v) is 8.31. The number of Topliss-reactive ketones (excluding diaryl/α,β-unsaturated/α-hetero) is 1. The number of rotatable bonds is 7. The van der Waals surface area contributed by atoms with E-state index in [0.29, 0.717) is 12.1 Å². The SMILES string of the molecule is CCC(C)C(=O)c1cc(C(=O)Nc2ccccc2)c(C(=O)O)cc1C(=O)O. The topological polar surface area (TPSA) is 121 Å². The van der Waals surface area contributed by atoms with Crippen molar-refractivity contribution in [3.63, 3.8) is 0 Å². The maximum atomic E-state index is 12.6. The summed E-state index contributed by atoms with van der Waals surface area (Å²) >= 11 is 0. The molecule has 0 aliphatic rings. The minimum atomic E-state index is -1.46. The van der Waals surface area contributed by atoms with Gasteiger partial charge in [-0.25, -0.2) is 9.59 Å². The van der Waals surface area contributed by atoms with Gasteiger partial charge in [0, 0.05) is 17.2 Å². The standard InChI is InChI=1S/C20H19NO6/c1-3-11(2)17(22)13-9-14(16(20(26)27)10-15(13)19(24)25)18(23)21-12-7-5-4-6-8-12/h4-11H,3H2,1-2H3,(H,21,23)(H,24,25)(H,26,27). The van der Waals surface area contributed by atoms with Crippen molar-refractivity contribution in [3.05, 3.63) is 64.7 Å². The van der Waals surface area contributed by atoms with Gasteiger partial charge in [-0.1, -0.05) is 32.0 Å². The van der Waals surface area contributed by atoms with Gasteiger partial charge in [-0.05, 0) is 30.7 Å². The number of carboxylic acids is 2. The summed E-state index contributed by atoms with van der Waals surface area (Å²) in [7, 11) is 0. The molecule has 0 aromatic heterocycles. The van der Waals surface area contributed by atoms with E-state index in [2.05, 4.69) is 5.32 Å². The highest BCUT2D eigenvalue weighted by Gasteiger charge is 2.27. The van der Waals surface area contributed by atoms with Crippen LogP contribution in [0.3, 0.4) is 0 Å². The highest BCUT2D eigenvalue weighted by molar-refractivity contribution is 6.15. The van der Waals surface area contributed by atoms with Crippen LogP contribution < -0.4 is 5.32 Å². The van der Waals surface area contributed by atoms with Gasteiger partial charge in [-0.2, -0.15) is 0 Å². The first kappa shape index (κ1) is 19.8. The fraction of sp³-hybridized carbons (Fsp3) is 0.200. The zero-order valence-corrected chi connectivity index (χ0v) is 14.9. The molecular formula is C20H19NO6. The van der Waals surface area contributed by atoms with E-state index in [1.54, 1.807) is 44.2 Å². The molecule has 0 saturated carbocycles. The van der Waals surface area contributed by atoms with Gasteiger partial charge in [0.15, 0.2) is 5.78 Å². The summed E-state index contributed by atoms with van der Waals surface area (Å²) < 4.78 is 0. The van der Waals surface area contributed by atoms with Crippen LogP contribution in [0.2, 0.25) is 0 Å². The van der Waals surface area contributed by atoms with Crippen LogP contribution in [0.25, 0.3) is 0 Å². The maximum absolute atomic E-state index is 12.6. The zero-order valence-electron chi connectivity index (χ0n) is 14.9. The van der Waals surface area contributed by atoms with Gasteiger partial charge in [0.05, 0.1) is 16.7 Å². The summed E-state index contributed by atoms with van der Waals surface area (Å²) in [6.45, 7) is 3.42. The van der Waals surface area contributed by atoms with Gasteiger partial charge >= 0.3 is 11.9 Å². The predicted molar refractivity (Wildman–Crippen MR) is 98.5 cm³/mol. The van der Waals surface area contributed by atoms with Crippen LogP contribution in [0, 0.1) is 5.92 Å². The number of carbonyl (C=O) groups excluding carboxylic acids is 2. The summed E-state index contributed by atoms with van der Waals surface area (Å²) in [6, 6.07) is 10.3. The van der Waals surface area contributed by atoms with Gasteiger partial charge in [0.25, 0.3) is 5.91 Å². The molecule has 0 aliphatic carbocycles. The molecule has 140 valence electrons. The summed E-state index contributed by atoms with van der Waals surface area (Å²) in [6.07, 6.45) is 0.476. The molecule has 0 aliphatic heterocycles. The van der Waals surface area contributed by atoms with Crippen LogP contribution >= 0.6 is 0 Å². The minimum Gasteiger partial charge on any atom is -0.478 e. The molecule has 0 radical (unpaired) electrons. The molecule has 2 aromatic carbocycles. The molecular weight excluding hydrogens is 350 g/mol. The Balaban J connectivity index is 2.60. The number of carbonyl (C=O) groups is 4. The van der Waals surface area contributed by atoms with Crippen molar-refractivity contribution in [2.45, 2.75) is 20.3 Å². The van der Waals surface area contributed by atoms with Crippen molar-refractivity contribution in [1.29, 1.82) is 0 Å². The molecule has 0 heterocycles. The lowest BCUT2D eigenvalue weighted by atomic mass is 9.89. The molecule has 0 bridgehead atoms. The first-order chi connectivity index (χ1) is 12.8. The second-order valence-corrected chi connectivity index (χ2v) is 6.05. The lowest BCUT2D eigenvalue weighted by molar-refractivity contribution is 0.0688. The van der Waals surface area contributed by atoms with E-state index >= 15 is 0 Å². The first-order valence-electron chi connectivity index (χ1n) is 8.31. The summed E-state index contributed by atoms with van der Waals surface area (Å²) in [5.41, 5.74) is -0.936. The summed E-state index contributed by atoms with van der Waals surface area (Å²) in [4.78, 5) is 48.3. The van der Waals surface area contributed by atoms with Crippen LogP contribution in [0.15, 0.2) is 42.5 Å². The number of aromatic carboxylic acids is 2. The Kier molecular flexibility index (Phi) is 6.07. The van der Waals surface area contributed by atoms with Crippen molar-refractivity contribution >= 4 is 29.3 Å². The van der Waals surface area contributed by atoms with Gasteiger partial charge in [-0.3, -0.25) is 9.59 Å². The van der Waals surface area contributed by atoms with E-state index in [1.165, 1.54) is 0 Å². The number of para-hydroxylation sites is 1. The second-order valence-electron chi connectivity index (χ2n) is 6.05. The normalized spacial score (nSPS) is 11.5. The average molecular weight is 369 g/mol. The number of benzene rings is 2. The van der Waals surface area contributed by atoms with Gasteiger partial charge in [0.2, 0.25) is 0 Å². The highest BCUT2D eigenvalue weighted by Crippen LogP contribution is 2.23. The fourth-order valence-electron chi connectivity index (χ4n) is 2.52. The Morgan fingerprint density at radius 3 is 1.93 bits per heavy atom. The van der Waals surface area contributed by atoms with Crippen molar-refractivity contribution in [2.24, 2.45) is 5.92 Å². The van der Waals surface area contributed by atoms with E-state index in [0.717, 1.165) is 12.1 Å². The van der Waals surface area contributed by atoms with E-state index in [9.17, 15) is 29.4 Å². The van der Waals surface area contributed by atoms with Gasteiger partial charge in [0.1, 0.15) is 0 Å². The number of amides is 1. The van der Waals surface area contributed by atoms with Crippen molar-refractivity contribution in [2.75, 3.05) is 5.32 Å². The van der Waals surface area contributed by atoms with E-state index in [-0.39, 0.29) is 11.1 Å². The fourth-order valence-corrected chi connectivity index (χ4v) is 2.52. The molecule has 2 rings (SSSR count). The smallest absolute Gasteiger partial charge is 0.336 e. The molecule has 7 heteroatoms. The van der Waals surface area contributed by atoms with Gasteiger partial charge in [-0.15, -0.1) is 0 Å². The van der Waals surface area contributed by atoms with Crippen molar-refractivity contribution < 1.29 is 29.4 Å². The maximum Gasteiger partial charge on any atom is 0.336 e. The number of hydrogen-bond donors (Lipinski definition) is 3. The molecule has 1 atom stereocenters. The zero-order chi connectivity index (χ0) is 20.1. The van der Waals surface area contributed by atoms with E-state index in [1.807, 2.05) is 0 Å². The molecule has 7 nitrogen and oxygen atoms in total. The molecule has 3 N–H and O–H groups in total. The molecule has 27 heavy (non-hydrogen) atoms. The average Bonchev–Trinajstić information content (AvgIpc) is 2.66. The number of nitrogens with one attached hydrogen (secondary N) is 1. The largest absolute Gasteiger partial charge is 0.478 e. The Bertz CT molecular complexity index is 904. The predicted octanol–water partition coefficient (Wildman–Crippen LogP) is 3.56. The number of carboxylic acid groups (broad SMARTS) is 2. The quantitative estimate of drug-likeness (QED) is 0.642. The van der Waals surface area contributed by atoms with Crippen LogP contribution in [-0.2, 0) is 0 Å². The molecule has 0 saturated heterocycles. The third-order valence-electron chi connectivity index (χ3n) is 4.22. The number of ketones is 1. The Morgan fingerprint density at radius 1 is 0.889 bits per heavy atom. The summed E-state index contributed by atoms with van der Waals surface area (Å²) in [5.74, 6) is -4.56. The van der Waals surface area contributed by atoms with Crippen LogP contribution in [0.4, 0.5) is 5.69 Å². The highest BCUT2D eigenvalue weighted by atomic mass is 16.4. The van der Waals surface area contributed by atoms with Gasteiger partial charge < -0.3 is 15.5 Å². The molecule has 1 amide bonds. The van der Waals surface area contributed by atoms with Crippen LogP contribution in [-0.4, -0.2) is 33.8 Å². The van der Waals surface area contributed by atoms with Crippen LogP contribution in [0.1, 0.15) is 61.7 Å². The molecule has 2 aromatic rings. The molecule has 0 fully saturated rings. The minimum absolute atomic E-state index is 0.180. The molecule has 0 spiro atoms. The Morgan fingerprint density at radius 2 is 1.41 bits per heavy atom. The third kappa shape index (κ3) is 4.38. The van der Waals surface area contributed by atoms with Crippen molar-refractivity contribution in [1.82, 2.24) is 0 Å². The molecule has 1 unspecified atom stereocenters. The summed E-state index contributed by atoms with van der Waals surface area (Å²) in [5, 5.41) is 21.4. The monoisotopic (exact) mass is 369 g/mol. The van der Waals surface area contributed by atoms with E-state index in [4.69, 9.17) is 0 Å².